The first-order chi connectivity index (χ1) is 12.5. The molecule has 0 radical (unpaired) electrons. The van der Waals surface area contributed by atoms with Crippen LogP contribution in [0.5, 0.6) is 0 Å². The predicted molar refractivity (Wildman–Crippen MR) is 106 cm³/mol. The highest BCUT2D eigenvalue weighted by Gasteiger charge is 2.08. The maximum absolute atomic E-state index is 11.4. The quantitative estimate of drug-likeness (QED) is 0.540. The van der Waals surface area contributed by atoms with Crippen molar-refractivity contribution in [3.63, 3.8) is 0 Å². The lowest BCUT2D eigenvalue weighted by Gasteiger charge is -2.10. The number of hydrogen-bond donors (Lipinski definition) is 3. The number of benzene rings is 1. The third-order valence-corrected chi connectivity index (χ3v) is 4.27. The monoisotopic (exact) mass is 386 g/mol. The molecule has 0 saturated carbocycles. The lowest BCUT2D eigenvalue weighted by molar-refractivity contribution is -0.111. The molecular weight excluding hydrogens is 372 g/mol. The van der Waals surface area contributed by atoms with Gasteiger partial charge in [0.15, 0.2) is 10.9 Å². The number of rotatable bonds is 6. The number of hydrogen-bond acceptors (Lipinski definition) is 7. The van der Waals surface area contributed by atoms with Crippen LogP contribution in [0, 0.1) is 6.92 Å². The summed E-state index contributed by atoms with van der Waals surface area (Å²) in [5.74, 6) is 0.527. The third-order valence-electron chi connectivity index (χ3n) is 3.16. The van der Waals surface area contributed by atoms with Crippen molar-refractivity contribution in [2.75, 3.05) is 16.0 Å². The highest BCUT2D eigenvalue weighted by molar-refractivity contribution is 7.15. The Labute approximate surface area is 159 Å². The first-order valence-corrected chi connectivity index (χ1v) is 8.75. The molecule has 7 nitrogen and oxygen atoms in total. The summed E-state index contributed by atoms with van der Waals surface area (Å²) in [6.07, 6.45) is 4.48. The highest BCUT2D eigenvalue weighted by Crippen LogP contribution is 2.27. The van der Waals surface area contributed by atoms with Gasteiger partial charge in [0.1, 0.15) is 5.02 Å². The van der Waals surface area contributed by atoms with E-state index in [0.717, 1.165) is 4.88 Å². The van der Waals surface area contributed by atoms with Crippen LogP contribution in [0.2, 0.25) is 5.02 Å². The minimum Gasteiger partial charge on any atom is -0.339 e. The van der Waals surface area contributed by atoms with Crippen molar-refractivity contribution >= 4 is 57.1 Å². The third kappa shape index (κ3) is 4.56. The molecule has 1 aromatic carbocycles. The van der Waals surface area contributed by atoms with Gasteiger partial charge in [0.25, 0.3) is 0 Å². The number of aryl methyl sites for hydroxylation is 1. The van der Waals surface area contributed by atoms with Crippen LogP contribution >= 0.6 is 22.9 Å². The van der Waals surface area contributed by atoms with Crippen LogP contribution in [0.4, 0.5) is 28.3 Å². The molecule has 0 unspecified atom stereocenters. The zero-order valence-corrected chi connectivity index (χ0v) is 15.4. The molecule has 0 aliphatic rings. The zero-order valence-electron chi connectivity index (χ0n) is 13.8. The van der Waals surface area contributed by atoms with E-state index < -0.39 is 0 Å². The Kier molecular flexibility index (Phi) is 5.45. The molecule has 3 aromatic rings. The van der Waals surface area contributed by atoms with E-state index in [1.807, 2.05) is 13.0 Å². The van der Waals surface area contributed by atoms with Gasteiger partial charge in [-0.25, -0.2) is 9.97 Å². The average Bonchev–Trinajstić information content (AvgIpc) is 3.03. The van der Waals surface area contributed by atoms with Gasteiger partial charge >= 0.3 is 0 Å². The molecule has 0 atom stereocenters. The van der Waals surface area contributed by atoms with E-state index in [1.54, 1.807) is 24.4 Å². The zero-order chi connectivity index (χ0) is 18.5. The van der Waals surface area contributed by atoms with Crippen molar-refractivity contribution in [3.8, 4) is 0 Å². The maximum Gasteiger partial charge on any atom is 0.247 e. The van der Waals surface area contributed by atoms with Crippen LogP contribution < -0.4 is 16.0 Å². The molecule has 26 heavy (non-hydrogen) atoms. The minimum absolute atomic E-state index is 0.285. The number of anilines is 5. The molecular formula is C17H15ClN6OS. The number of carbonyl (C=O) groups excluding carboxylic acids is 1. The summed E-state index contributed by atoms with van der Waals surface area (Å²) in [6, 6.07) is 7.16. The molecule has 3 rings (SSSR count). The van der Waals surface area contributed by atoms with Gasteiger partial charge < -0.3 is 10.6 Å². The van der Waals surface area contributed by atoms with E-state index in [0.29, 0.717) is 33.3 Å². The molecule has 0 spiro atoms. The number of nitrogens with zero attached hydrogens (tertiary/aromatic N) is 3. The van der Waals surface area contributed by atoms with Crippen LogP contribution in [-0.2, 0) is 4.79 Å². The summed E-state index contributed by atoms with van der Waals surface area (Å²) >= 11 is 7.69. The summed E-state index contributed by atoms with van der Waals surface area (Å²) < 4.78 is 0. The van der Waals surface area contributed by atoms with Gasteiger partial charge in [-0.15, -0.1) is 11.3 Å². The van der Waals surface area contributed by atoms with Gasteiger partial charge in [-0.2, -0.15) is 4.98 Å². The first-order valence-electron chi connectivity index (χ1n) is 7.56. The first kappa shape index (κ1) is 17.8. The normalized spacial score (nSPS) is 10.2. The molecule has 0 bridgehead atoms. The smallest absolute Gasteiger partial charge is 0.247 e. The molecule has 2 aromatic heterocycles. The average molecular weight is 387 g/mol. The number of nitrogens with one attached hydrogen (secondary N) is 3. The topological polar surface area (TPSA) is 91.8 Å². The Balaban J connectivity index is 1.78. The Morgan fingerprint density at radius 3 is 2.77 bits per heavy atom. The summed E-state index contributed by atoms with van der Waals surface area (Å²) in [5.41, 5.74) is 1.34. The molecule has 0 fully saturated rings. The van der Waals surface area contributed by atoms with Crippen LogP contribution in [0.15, 0.2) is 49.3 Å². The number of aromatic nitrogens is 3. The molecule has 0 aliphatic heterocycles. The van der Waals surface area contributed by atoms with E-state index in [9.17, 15) is 4.79 Å². The summed E-state index contributed by atoms with van der Waals surface area (Å²) in [4.78, 5) is 25.3. The largest absolute Gasteiger partial charge is 0.339 e. The molecule has 1 amide bonds. The molecule has 2 heterocycles. The Morgan fingerprint density at radius 1 is 1.23 bits per heavy atom. The lowest BCUT2D eigenvalue weighted by atomic mass is 10.2. The van der Waals surface area contributed by atoms with E-state index >= 15 is 0 Å². The summed E-state index contributed by atoms with van der Waals surface area (Å²) in [5, 5.41) is 9.92. The fraction of sp³-hybridized carbons (Fsp3) is 0.0588. The highest BCUT2D eigenvalue weighted by atomic mass is 35.5. The van der Waals surface area contributed by atoms with Crippen LogP contribution in [0.1, 0.15) is 4.88 Å². The summed E-state index contributed by atoms with van der Waals surface area (Å²) in [7, 11) is 0. The fourth-order valence-electron chi connectivity index (χ4n) is 2.03. The van der Waals surface area contributed by atoms with E-state index in [4.69, 9.17) is 11.6 Å². The predicted octanol–water partition coefficient (Wildman–Crippen LogP) is 4.51. The number of thiazole rings is 1. The van der Waals surface area contributed by atoms with Gasteiger partial charge in [-0.05, 0) is 31.2 Å². The SMILES string of the molecule is C=CC(=O)Nc1cccc(Nc2nc(Nc3ncc(C)s3)ncc2Cl)c1. The number of carbonyl (C=O) groups is 1. The Hall–Kier alpha value is -2.97. The van der Waals surface area contributed by atoms with Crippen LogP contribution in [0.25, 0.3) is 0 Å². The maximum atomic E-state index is 11.4. The number of amides is 1. The fourth-order valence-corrected chi connectivity index (χ4v) is 2.82. The molecule has 3 N–H and O–H groups in total. The second-order valence-corrected chi connectivity index (χ2v) is 6.83. The molecule has 9 heteroatoms. The van der Waals surface area contributed by atoms with Crippen LogP contribution in [-0.4, -0.2) is 20.9 Å². The standard InChI is InChI=1S/C17H15ClN6OS/c1-3-14(25)21-11-5-4-6-12(7-11)22-15-13(18)9-19-16(23-15)24-17-20-8-10(2)26-17/h3-9H,1H2,2H3,(H,21,25)(H2,19,20,22,23,24). The van der Waals surface area contributed by atoms with Gasteiger partial charge in [-0.1, -0.05) is 24.2 Å². The summed E-state index contributed by atoms with van der Waals surface area (Å²) in [6.45, 7) is 5.40. The molecule has 132 valence electrons. The van der Waals surface area contributed by atoms with Crippen molar-refractivity contribution in [3.05, 3.63) is 59.2 Å². The Morgan fingerprint density at radius 2 is 2.04 bits per heavy atom. The molecule has 0 saturated heterocycles. The Bertz CT molecular complexity index is 958. The van der Waals surface area contributed by atoms with Crippen molar-refractivity contribution < 1.29 is 4.79 Å². The van der Waals surface area contributed by atoms with E-state index in [1.165, 1.54) is 23.6 Å². The van der Waals surface area contributed by atoms with Crippen molar-refractivity contribution in [2.24, 2.45) is 0 Å². The van der Waals surface area contributed by atoms with Crippen molar-refractivity contribution in [1.82, 2.24) is 15.0 Å². The van der Waals surface area contributed by atoms with E-state index in [2.05, 4.69) is 37.5 Å². The van der Waals surface area contributed by atoms with Gasteiger partial charge in [0, 0.05) is 22.4 Å². The van der Waals surface area contributed by atoms with Crippen LogP contribution in [0.3, 0.4) is 0 Å². The number of halogens is 1. The minimum atomic E-state index is -0.285. The van der Waals surface area contributed by atoms with Gasteiger partial charge in [0.2, 0.25) is 11.9 Å². The van der Waals surface area contributed by atoms with Crippen molar-refractivity contribution in [2.45, 2.75) is 6.92 Å². The van der Waals surface area contributed by atoms with Gasteiger partial charge in [-0.3, -0.25) is 10.1 Å². The van der Waals surface area contributed by atoms with E-state index in [-0.39, 0.29) is 5.91 Å². The lowest BCUT2D eigenvalue weighted by Crippen LogP contribution is -2.07. The second-order valence-electron chi connectivity index (χ2n) is 5.19. The molecule has 0 aliphatic carbocycles. The van der Waals surface area contributed by atoms with Gasteiger partial charge in [0.05, 0.1) is 6.20 Å². The second kappa shape index (κ2) is 7.94. The van der Waals surface area contributed by atoms with Crippen molar-refractivity contribution in [1.29, 1.82) is 0 Å².